The topological polar surface area (TPSA) is 124 Å². The molecular weight excluding hydrogens is 490 g/mol. The molecule has 0 atom stereocenters. The van der Waals surface area contributed by atoms with Crippen molar-refractivity contribution in [3.8, 4) is 23.3 Å². The van der Waals surface area contributed by atoms with Gasteiger partial charge in [-0.15, -0.1) is 0 Å². The van der Waals surface area contributed by atoms with Crippen molar-refractivity contribution in [2.45, 2.75) is 6.92 Å². The van der Waals surface area contributed by atoms with Gasteiger partial charge in [-0.1, -0.05) is 11.6 Å². The molecule has 2 amide bonds. The van der Waals surface area contributed by atoms with Crippen LogP contribution in [0.1, 0.15) is 12.5 Å². The van der Waals surface area contributed by atoms with Crippen LogP contribution in [0.25, 0.3) is 6.08 Å². The number of benzene rings is 2. The normalized spacial score (nSPS) is 10.7. The number of nitrogens with zero attached hydrogens (tertiary/aromatic N) is 1. The van der Waals surface area contributed by atoms with Crippen LogP contribution in [0.15, 0.2) is 40.4 Å². The molecule has 0 saturated carbocycles. The highest BCUT2D eigenvalue weighted by Gasteiger charge is 2.16. The predicted octanol–water partition coefficient (Wildman–Crippen LogP) is 3.92. The fourth-order valence-corrected chi connectivity index (χ4v) is 3.25. The lowest BCUT2D eigenvalue weighted by Gasteiger charge is -2.14. The number of halogens is 2. The van der Waals surface area contributed by atoms with E-state index in [1.54, 1.807) is 31.2 Å². The number of nitriles is 1. The second-order valence-corrected chi connectivity index (χ2v) is 7.28. The third-order valence-electron chi connectivity index (χ3n) is 3.78. The van der Waals surface area contributed by atoms with Gasteiger partial charge in [0, 0.05) is 5.02 Å². The number of rotatable bonds is 9. The van der Waals surface area contributed by atoms with Crippen molar-refractivity contribution in [3.05, 3.63) is 51.0 Å². The van der Waals surface area contributed by atoms with E-state index in [0.717, 1.165) is 0 Å². The number of primary amides is 1. The second kappa shape index (κ2) is 11.2. The molecule has 0 fully saturated rings. The average molecular weight is 509 g/mol. The van der Waals surface area contributed by atoms with Gasteiger partial charge in [-0.3, -0.25) is 9.59 Å². The maximum atomic E-state index is 12.6. The summed E-state index contributed by atoms with van der Waals surface area (Å²) in [6, 6.07) is 9.80. The fourth-order valence-electron chi connectivity index (χ4n) is 2.50. The third kappa shape index (κ3) is 6.64. The van der Waals surface area contributed by atoms with Crippen molar-refractivity contribution in [2.75, 3.05) is 25.6 Å². The Hall–Kier alpha value is -3.22. The summed E-state index contributed by atoms with van der Waals surface area (Å²) < 4.78 is 16.6. The Balaban J connectivity index is 2.37. The molecule has 0 radical (unpaired) electrons. The van der Waals surface area contributed by atoms with Gasteiger partial charge in [0.2, 0.25) is 0 Å². The molecule has 0 aliphatic carbocycles. The number of ether oxygens (including phenoxy) is 3. The summed E-state index contributed by atoms with van der Waals surface area (Å²) in [5.41, 5.74) is 5.78. The first-order chi connectivity index (χ1) is 14.8. The lowest BCUT2D eigenvalue weighted by Crippen LogP contribution is -2.20. The van der Waals surface area contributed by atoms with Crippen LogP contribution in [-0.4, -0.2) is 32.1 Å². The van der Waals surface area contributed by atoms with E-state index in [9.17, 15) is 14.9 Å². The van der Waals surface area contributed by atoms with E-state index in [-0.39, 0.29) is 17.9 Å². The monoisotopic (exact) mass is 507 g/mol. The van der Waals surface area contributed by atoms with Crippen molar-refractivity contribution in [1.29, 1.82) is 5.26 Å². The van der Waals surface area contributed by atoms with Crippen LogP contribution in [0, 0.1) is 11.3 Å². The van der Waals surface area contributed by atoms with E-state index >= 15 is 0 Å². The van der Waals surface area contributed by atoms with Crippen LogP contribution < -0.4 is 25.3 Å². The summed E-state index contributed by atoms with van der Waals surface area (Å²) in [5.74, 6) is -0.292. The van der Waals surface area contributed by atoms with Gasteiger partial charge < -0.3 is 25.3 Å². The van der Waals surface area contributed by atoms with Crippen LogP contribution >= 0.6 is 27.5 Å². The first kappa shape index (κ1) is 24.1. The van der Waals surface area contributed by atoms with E-state index in [4.69, 9.17) is 31.5 Å². The number of nitrogens with one attached hydrogen (secondary N) is 1. The predicted molar refractivity (Wildman–Crippen MR) is 120 cm³/mol. The molecule has 0 aromatic heterocycles. The molecule has 0 spiro atoms. The van der Waals surface area contributed by atoms with Crippen molar-refractivity contribution in [3.63, 3.8) is 0 Å². The molecule has 2 aromatic rings. The van der Waals surface area contributed by atoms with Crippen LogP contribution in [-0.2, 0) is 9.59 Å². The summed E-state index contributed by atoms with van der Waals surface area (Å²) >= 11 is 9.33. The number of hydrogen-bond acceptors (Lipinski definition) is 6. The number of amides is 2. The largest absolute Gasteiger partial charge is 0.495 e. The number of anilines is 1. The summed E-state index contributed by atoms with van der Waals surface area (Å²) in [7, 11) is 1.45. The minimum absolute atomic E-state index is 0.165. The van der Waals surface area contributed by atoms with E-state index < -0.39 is 11.8 Å². The van der Waals surface area contributed by atoms with Gasteiger partial charge in [0.15, 0.2) is 18.1 Å². The standard InChI is InChI=1S/C21H19BrClN3O5/c1-3-30-18-8-12(7-15(22)20(18)31-11-19(25)27)6-13(10-24)21(28)26-16-9-14(23)4-5-17(16)29-2/h4-9H,3,11H2,1-2H3,(H2,25,27)(H,26,28)/b13-6+. The molecule has 8 nitrogen and oxygen atoms in total. The van der Waals surface area contributed by atoms with Crippen LogP contribution in [0.2, 0.25) is 5.02 Å². The fraction of sp³-hybridized carbons (Fsp3) is 0.190. The summed E-state index contributed by atoms with van der Waals surface area (Å²) in [5, 5.41) is 12.5. The zero-order chi connectivity index (χ0) is 23.0. The van der Waals surface area contributed by atoms with Gasteiger partial charge in [-0.05, 0) is 64.8 Å². The van der Waals surface area contributed by atoms with Gasteiger partial charge in [0.1, 0.15) is 17.4 Å². The van der Waals surface area contributed by atoms with E-state index in [2.05, 4.69) is 21.2 Å². The molecule has 2 rings (SSSR count). The highest BCUT2D eigenvalue weighted by atomic mass is 79.9. The molecule has 0 bridgehead atoms. The molecule has 10 heteroatoms. The molecule has 162 valence electrons. The molecule has 3 N–H and O–H groups in total. The molecule has 2 aromatic carbocycles. The van der Waals surface area contributed by atoms with Gasteiger partial charge in [0.05, 0.1) is 23.9 Å². The molecule has 31 heavy (non-hydrogen) atoms. The SMILES string of the molecule is CCOc1cc(/C=C(\C#N)C(=O)Nc2cc(Cl)ccc2OC)cc(Br)c1OCC(N)=O. The van der Waals surface area contributed by atoms with Crippen LogP contribution in [0.4, 0.5) is 5.69 Å². The third-order valence-corrected chi connectivity index (χ3v) is 4.60. The smallest absolute Gasteiger partial charge is 0.266 e. The molecule has 0 saturated heterocycles. The van der Waals surface area contributed by atoms with Crippen molar-refractivity contribution in [1.82, 2.24) is 0 Å². The molecule has 0 aliphatic rings. The molecule has 0 aliphatic heterocycles. The number of nitrogens with two attached hydrogens (primary N) is 1. The highest BCUT2D eigenvalue weighted by Crippen LogP contribution is 2.37. The first-order valence-corrected chi connectivity index (χ1v) is 10.1. The second-order valence-electron chi connectivity index (χ2n) is 5.99. The van der Waals surface area contributed by atoms with Crippen molar-refractivity contribution in [2.24, 2.45) is 5.73 Å². The van der Waals surface area contributed by atoms with Crippen molar-refractivity contribution >= 4 is 51.1 Å². The number of carbonyl (C=O) groups is 2. The molecule has 0 heterocycles. The first-order valence-electron chi connectivity index (χ1n) is 8.93. The average Bonchev–Trinajstić information content (AvgIpc) is 2.71. The van der Waals surface area contributed by atoms with E-state index in [0.29, 0.717) is 38.9 Å². The summed E-state index contributed by atoms with van der Waals surface area (Å²) in [6.45, 7) is 1.77. The van der Waals surface area contributed by atoms with Crippen molar-refractivity contribution < 1.29 is 23.8 Å². The Morgan fingerprint density at radius 2 is 2.00 bits per heavy atom. The minimum atomic E-state index is -0.647. The zero-order valence-corrected chi connectivity index (χ0v) is 19.0. The minimum Gasteiger partial charge on any atom is -0.495 e. The van der Waals surface area contributed by atoms with Crippen LogP contribution in [0.5, 0.6) is 17.2 Å². The number of hydrogen-bond donors (Lipinski definition) is 2. The van der Waals surface area contributed by atoms with Crippen LogP contribution in [0.3, 0.4) is 0 Å². The van der Waals surface area contributed by atoms with Gasteiger partial charge >= 0.3 is 0 Å². The lowest BCUT2D eigenvalue weighted by molar-refractivity contribution is -0.120. The Kier molecular flexibility index (Phi) is 8.73. The van der Waals surface area contributed by atoms with Gasteiger partial charge in [0.25, 0.3) is 11.8 Å². The number of methoxy groups -OCH3 is 1. The Morgan fingerprint density at radius 1 is 1.26 bits per heavy atom. The highest BCUT2D eigenvalue weighted by molar-refractivity contribution is 9.10. The Morgan fingerprint density at radius 3 is 2.61 bits per heavy atom. The molecular formula is C21H19BrClN3O5. The molecule has 0 unspecified atom stereocenters. The summed E-state index contributed by atoms with van der Waals surface area (Å²) in [4.78, 5) is 23.7. The van der Waals surface area contributed by atoms with Gasteiger partial charge in [-0.2, -0.15) is 5.26 Å². The van der Waals surface area contributed by atoms with Gasteiger partial charge in [-0.25, -0.2) is 0 Å². The maximum absolute atomic E-state index is 12.6. The zero-order valence-electron chi connectivity index (χ0n) is 16.7. The Labute approximate surface area is 192 Å². The van der Waals surface area contributed by atoms with E-state index in [1.807, 2.05) is 6.07 Å². The summed E-state index contributed by atoms with van der Waals surface area (Å²) in [6.07, 6.45) is 1.39. The van der Waals surface area contributed by atoms with E-state index in [1.165, 1.54) is 19.3 Å². The lowest BCUT2D eigenvalue weighted by atomic mass is 10.1. The maximum Gasteiger partial charge on any atom is 0.266 e. The quantitative estimate of drug-likeness (QED) is 0.391. The number of carbonyl (C=O) groups excluding carboxylic acids is 2. The Bertz CT molecular complexity index is 1070.